The van der Waals surface area contributed by atoms with Gasteiger partial charge >= 0.3 is 0 Å². The van der Waals surface area contributed by atoms with Crippen LogP contribution >= 0.6 is 0 Å². The third kappa shape index (κ3) is 3.65. The number of hydrogen-bond acceptors (Lipinski definition) is 3. The summed E-state index contributed by atoms with van der Waals surface area (Å²) in [5.41, 5.74) is 6.91. The van der Waals surface area contributed by atoms with Gasteiger partial charge in [-0.2, -0.15) is 5.10 Å². The Bertz CT molecular complexity index is 735. The Morgan fingerprint density at radius 1 is 1.08 bits per heavy atom. The molecule has 124 valence electrons. The van der Waals surface area contributed by atoms with Gasteiger partial charge in [-0.3, -0.25) is 4.79 Å². The average molecular weight is 321 g/mol. The number of hydrazone groups is 1. The molecule has 1 N–H and O–H groups in total. The first-order chi connectivity index (χ1) is 11.6. The van der Waals surface area contributed by atoms with Crippen LogP contribution in [0.5, 0.6) is 0 Å². The zero-order valence-corrected chi connectivity index (χ0v) is 14.4. The summed E-state index contributed by atoms with van der Waals surface area (Å²) in [6.07, 6.45) is 0.905. The van der Waals surface area contributed by atoms with E-state index in [1.165, 1.54) is 5.56 Å². The summed E-state index contributed by atoms with van der Waals surface area (Å²) in [6, 6.07) is 18.3. The summed E-state index contributed by atoms with van der Waals surface area (Å²) >= 11 is 0. The second-order valence-corrected chi connectivity index (χ2v) is 6.47. The molecule has 1 aliphatic rings. The molecule has 1 saturated carbocycles. The molecule has 3 rings (SSSR count). The van der Waals surface area contributed by atoms with Crippen LogP contribution in [0.15, 0.2) is 59.7 Å². The van der Waals surface area contributed by atoms with Crippen molar-refractivity contribution in [2.45, 2.75) is 19.3 Å². The van der Waals surface area contributed by atoms with E-state index in [1.807, 2.05) is 63.5 Å². The third-order valence-corrected chi connectivity index (χ3v) is 4.49. The molecule has 0 aliphatic heterocycles. The fourth-order valence-electron chi connectivity index (χ4n) is 2.84. The molecule has 0 unspecified atom stereocenters. The van der Waals surface area contributed by atoms with Crippen LogP contribution < -0.4 is 10.3 Å². The predicted molar refractivity (Wildman–Crippen MR) is 98.4 cm³/mol. The molecule has 0 heterocycles. The highest BCUT2D eigenvalue weighted by Gasteiger charge is 2.43. The van der Waals surface area contributed by atoms with Crippen LogP contribution in [0.25, 0.3) is 0 Å². The van der Waals surface area contributed by atoms with Crippen LogP contribution in [-0.2, 0) is 4.79 Å². The second kappa shape index (κ2) is 6.87. The SMILES string of the molecule is C/C(=N/NC(=O)[C@@H]1C[C@H]1c1ccccc1)c1ccc(N(C)C)cc1. The maximum absolute atomic E-state index is 12.2. The third-order valence-electron chi connectivity index (χ3n) is 4.49. The lowest BCUT2D eigenvalue weighted by Gasteiger charge is -2.12. The van der Waals surface area contributed by atoms with Crippen molar-refractivity contribution in [1.29, 1.82) is 0 Å². The molecule has 0 bridgehead atoms. The van der Waals surface area contributed by atoms with Gasteiger partial charge in [0.2, 0.25) is 5.91 Å². The van der Waals surface area contributed by atoms with Crippen molar-refractivity contribution >= 4 is 17.3 Å². The van der Waals surface area contributed by atoms with Gasteiger partial charge in [0.25, 0.3) is 0 Å². The fourth-order valence-corrected chi connectivity index (χ4v) is 2.84. The van der Waals surface area contributed by atoms with Gasteiger partial charge in [0, 0.05) is 25.7 Å². The van der Waals surface area contributed by atoms with E-state index >= 15 is 0 Å². The molecule has 4 heteroatoms. The number of nitrogens with zero attached hydrogens (tertiary/aromatic N) is 2. The summed E-state index contributed by atoms with van der Waals surface area (Å²) in [5.74, 6) is 0.384. The quantitative estimate of drug-likeness (QED) is 0.677. The van der Waals surface area contributed by atoms with E-state index < -0.39 is 0 Å². The Hall–Kier alpha value is -2.62. The molecule has 2 atom stereocenters. The van der Waals surface area contributed by atoms with Crippen LogP contribution in [0.4, 0.5) is 5.69 Å². The Morgan fingerprint density at radius 3 is 2.38 bits per heavy atom. The van der Waals surface area contributed by atoms with E-state index in [0.717, 1.165) is 23.4 Å². The Kier molecular flexibility index (Phi) is 4.65. The summed E-state index contributed by atoms with van der Waals surface area (Å²) in [6.45, 7) is 1.91. The van der Waals surface area contributed by atoms with Gasteiger partial charge < -0.3 is 4.90 Å². The highest BCUT2D eigenvalue weighted by Crippen LogP contribution is 2.47. The molecule has 4 nitrogen and oxygen atoms in total. The molecular formula is C20H23N3O. The molecule has 0 aromatic heterocycles. The molecule has 1 aliphatic carbocycles. The number of rotatable bonds is 5. The highest BCUT2D eigenvalue weighted by atomic mass is 16.2. The maximum atomic E-state index is 12.2. The van der Waals surface area contributed by atoms with Gasteiger partial charge in [-0.25, -0.2) is 5.43 Å². The Morgan fingerprint density at radius 2 is 1.75 bits per heavy atom. The van der Waals surface area contributed by atoms with Gasteiger partial charge in [-0.15, -0.1) is 0 Å². The predicted octanol–water partition coefficient (Wildman–Crippen LogP) is 3.40. The summed E-state index contributed by atoms with van der Waals surface area (Å²) in [5, 5.41) is 4.26. The van der Waals surface area contributed by atoms with Gasteiger partial charge in [0.1, 0.15) is 0 Å². The van der Waals surface area contributed by atoms with Gasteiger partial charge in [0.05, 0.1) is 5.71 Å². The number of amides is 1. The monoisotopic (exact) mass is 321 g/mol. The molecule has 2 aromatic rings. The summed E-state index contributed by atoms with van der Waals surface area (Å²) in [4.78, 5) is 14.3. The molecule has 2 aromatic carbocycles. The summed E-state index contributed by atoms with van der Waals surface area (Å²) < 4.78 is 0. The Balaban J connectivity index is 1.58. The number of carbonyl (C=O) groups is 1. The largest absolute Gasteiger partial charge is 0.378 e. The first-order valence-corrected chi connectivity index (χ1v) is 8.23. The number of benzene rings is 2. The average Bonchev–Trinajstić information content (AvgIpc) is 3.41. The topological polar surface area (TPSA) is 44.7 Å². The molecule has 0 spiro atoms. The normalized spacial score (nSPS) is 19.7. The van der Waals surface area contributed by atoms with E-state index in [9.17, 15) is 4.79 Å². The van der Waals surface area contributed by atoms with Crippen molar-refractivity contribution in [3.63, 3.8) is 0 Å². The lowest BCUT2D eigenvalue weighted by Crippen LogP contribution is -2.21. The van der Waals surface area contributed by atoms with Crippen LogP contribution in [0.2, 0.25) is 0 Å². The summed E-state index contributed by atoms with van der Waals surface area (Å²) in [7, 11) is 4.02. The van der Waals surface area contributed by atoms with Crippen LogP contribution in [0.3, 0.4) is 0 Å². The highest BCUT2D eigenvalue weighted by molar-refractivity contribution is 5.99. The molecule has 1 amide bonds. The maximum Gasteiger partial charge on any atom is 0.243 e. The lowest BCUT2D eigenvalue weighted by atomic mass is 10.1. The minimum Gasteiger partial charge on any atom is -0.378 e. The van der Waals surface area contributed by atoms with E-state index in [-0.39, 0.29) is 11.8 Å². The smallest absolute Gasteiger partial charge is 0.243 e. The zero-order valence-electron chi connectivity index (χ0n) is 14.4. The van der Waals surface area contributed by atoms with E-state index in [0.29, 0.717) is 5.92 Å². The number of carbonyl (C=O) groups excluding carboxylic acids is 1. The molecule has 24 heavy (non-hydrogen) atoms. The number of anilines is 1. The first-order valence-electron chi connectivity index (χ1n) is 8.23. The van der Waals surface area contributed by atoms with Crippen LogP contribution in [0.1, 0.15) is 30.4 Å². The number of hydrogen-bond donors (Lipinski definition) is 1. The fraction of sp³-hybridized carbons (Fsp3) is 0.300. The van der Waals surface area contributed by atoms with Crippen molar-refractivity contribution < 1.29 is 4.79 Å². The minimum atomic E-state index is 0.00751. The minimum absolute atomic E-state index is 0.00751. The molecule has 0 radical (unpaired) electrons. The van der Waals surface area contributed by atoms with Crippen molar-refractivity contribution in [2.75, 3.05) is 19.0 Å². The van der Waals surface area contributed by atoms with Crippen molar-refractivity contribution in [2.24, 2.45) is 11.0 Å². The van der Waals surface area contributed by atoms with E-state index in [4.69, 9.17) is 0 Å². The molecule has 1 fully saturated rings. The van der Waals surface area contributed by atoms with E-state index in [2.05, 4.69) is 27.6 Å². The Labute approximate surface area is 143 Å². The van der Waals surface area contributed by atoms with Gasteiger partial charge in [0.15, 0.2) is 0 Å². The number of nitrogens with one attached hydrogen (secondary N) is 1. The van der Waals surface area contributed by atoms with Gasteiger partial charge in [-0.05, 0) is 42.5 Å². The second-order valence-electron chi connectivity index (χ2n) is 6.47. The van der Waals surface area contributed by atoms with Crippen molar-refractivity contribution in [1.82, 2.24) is 5.43 Å². The van der Waals surface area contributed by atoms with E-state index in [1.54, 1.807) is 0 Å². The standard InChI is InChI=1S/C20H23N3O/c1-14(15-9-11-17(12-10-15)23(2)3)21-22-20(24)19-13-18(19)16-7-5-4-6-8-16/h4-12,18-19H,13H2,1-3H3,(H,22,24)/b21-14-/t18-,19+/m0/s1. The first kappa shape index (κ1) is 16.2. The van der Waals surface area contributed by atoms with Crippen LogP contribution in [-0.4, -0.2) is 25.7 Å². The zero-order chi connectivity index (χ0) is 17.1. The lowest BCUT2D eigenvalue weighted by molar-refractivity contribution is -0.122. The molecular weight excluding hydrogens is 298 g/mol. The van der Waals surface area contributed by atoms with Crippen LogP contribution in [0, 0.1) is 5.92 Å². The van der Waals surface area contributed by atoms with Crippen molar-refractivity contribution in [3.8, 4) is 0 Å². The van der Waals surface area contributed by atoms with Crippen molar-refractivity contribution in [3.05, 3.63) is 65.7 Å². The van der Waals surface area contributed by atoms with Gasteiger partial charge in [-0.1, -0.05) is 42.5 Å². The molecule has 0 saturated heterocycles.